The van der Waals surface area contributed by atoms with Crippen molar-refractivity contribution in [2.24, 2.45) is 0 Å². The van der Waals surface area contributed by atoms with Gasteiger partial charge in [0.15, 0.2) is 0 Å². The van der Waals surface area contributed by atoms with E-state index in [4.69, 9.17) is 5.11 Å². The first kappa shape index (κ1) is 12.3. The standard InChI is InChI=1S/C11H11NO3S/c1-16-9-4-2-8(3-5-9)12-10(13)6-7-11(14)15/h2-7H,1H3,(H,12,13)(H,14,15)/b7-6+. The second kappa shape index (κ2) is 5.97. The Labute approximate surface area is 97.4 Å². The summed E-state index contributed by atoms with van der Waals surface area (Å²) in [5, 5.41) is 10.9. The van der Waals surface area contributed by atoms with Crippen LogP contribution in [0.5, 0.6) is 0 Å². The largest absolute Gasteiger partial charge is 0.478 e. The molecule has 0 unspecified atom stereocenters. The number of anilines is 1. The molecule has 1 aromatic carbocycles. The van der Waals surface area contributed by atoms with Crippen LogP contribution in [0, 0.1) is 0 Å². The molecule has 1 aromatic rings. The third-order valence-electron chi connectivity index (χ3n) is 1.73. The van der Waals surface area contributed by atoms with Crippen LogP contribution in [0.1, 0.15) is 0 Å². The molecule has 0 bridgehead atoms. The van der Waals surface area contributed by atoms with Crippen molar-refractivity contribution < 1.29 is 14.7 Å². The Balaban J connectivity index is 2.59. The van der Waals surface area contributed by atoms with E-state index in [1.165, 1.54) is 0 Å². The molecule has 0 atom stereocenters. The van der Waals surface area contributed by atoms with E-state index in [1.54, 1.807) is 23.9 Å². The number of amides is 1. The average Bonchev–Trinajstić information content (AvgIpc) is 2.27. The van der Waals surface area contributed by atoms with Gasteiger partial charge in [-0.3, -0.25) is 4.79 Å². The van der Waals surface area contributed by atoms with Crippen LogP contribution in [0.2, 0.25) is 0 Å². The maximum atomic E-state index is 11.2. The Morgan fingerprint density at radius 3 is 2.38 bits per heavy atom. The van der Waals surface area contributed by atoms with E-state index < -0.39 is 11.9 Å². The summed E-state index contributed by atoms with van der Waals surface area (Å²) in [6, 6.07) is 7.28. The molecule has 0 heterocycles. The van der Waals surface area contributed by atoms with Gasteiger partial charge in [-0.2, -0.15) is 0 Å². The van der Waals surface area contributed by atoms with Crippen LogP contribution in [-0.2, 0) is 9.59 Å². The smallest absolute Gasteiger partial charge is 0.328 e. The summed E-state index contributed by atoms with van der Waals surface area (Å²) < 4.78 is 0. The second-order valence-electron chi connectivity index (χ2n) is 2.89. The Morgan fingerprint density at radius 2 is 1.88 bits per heavy atom. The summed E-state index contributed by atoms with van der Waals surface area (Å²) in [6.07, 6.45) is 3.74. The lowest BCUT2D eigenvalue weighted by atomic mass is 10.3. The van der Waals surface area contributed by atoms with E-state index in [9.17, 15) is 9.59 Å². The van der Waals surface area contributed by atoms with Crippen molar-refractivity contribution in [1.82, 2.24) is 0 Å². The van der Waals surface area contributed by atoms with Gasteiger partial charge in [0.05, 0.1) is 0 Å². The summed E-state index contributed by atoms with van der Waals surface area (Å²) in [4.78, 5) is 22.5. The number of benzene rings is 1. The highest BCUT2D eigenvalue weighted by atomic mass is 32.2. The van der Waals surface area contributed by atoms with E-state index in [1.807, 2.05) is 18.4 Å². The molecule has 0 radical (unpaired) electrons. The van der Waals surface area contributed by atoms with Crippen LogP contribution < -0.4 is 5.32 Å². The summed E-state index contributed by atoms with van der Waals surface area (Å²) in [6.45, 7) is 0. The molecule has 1 rings (SSSR count). The van der Waals surface area contributed by atoms with Crippen molar-refractivity contribution >= 4 is 29.3 Å². The molecule has 0 saturated carbocycles. The molecule has 0 spiro atoms. The topological polar surface area (TPSA) is 66.4 Å². The summed E-state index contributed by atoms with van der Waals surface area (Å²) in [5.41, 5.74) is 0.637. The predicted molar refractivity (Wildman–Crippen MR) is 63.6 cm³/mol. The number of nitrogens with one attached hydrogen (secondary N) is 1. The molecule has 5 heteroatoms. The number of carbonyl (C=O) groups excluding carboxylic acids is 1. The van der Waals surface area contributed by atoms with Crippen molar-refractivity contribution in [2.75, 3.05) is 11.6 Å². The molecule has 0 aromatic heterocycles. The molecule has 84 valence electrons. The van der Waals surface area contributed by atoms with Crippen molar-refractivity contribution in [3.63, 3.8) is 0 Å². The quantitative estimate of drug-likeness (QED) is 0.620. The van der Waals surface area contributed by atoms with Crippen LogP contribution in [-0.4, -0.2) is 23.2 Å². The van der Waals surface area contributed by atoms with Crippen LogP contribution in [0.4, 0.5) is 5.69 Å². The highest BCUT2D eigenvalue weighted by Crippen LogP contribution is 2.17. The zero-order valence-electron chi connectivity index (χ0n) is 8.64. The maximum absolute atomic E-state index is 11.2. The van der Waals surface area contributed by atoms with Crippen LogP contribution in [0.25, 0.3) is 0 Å². The summed E-state index contributed by atoms with van der Waals surface area (Å²) >= 11 is 1.61. The molecular weight excluding hydrogens is 226 g/mol. The first-order valence-corrected chi connectivity index (χ1v) is 5.70. The fourth-order valence-corrected chi connectivity index (χ4v) is 1.41. The van der Waals surface area contributed by atoms with E-state index in [2.05, 4.69) is 5.32 Å². The normalized spacial score (nSPS) is 10.3. The van der Waals surface area contributed by atoms with Crippen LogP contribution >= 0.6 is 11.8 Å². The Bertz CT molecular complexity index is 412. The molecule has 2 N–H and O–H groups in total. The maximum Gasteiger partial charge on any atom is 0.328 e. The third kappa shape index (κ3) is 4.18. The number of carbonyl (C=O) groups is 2. The SMILES string of the molecule is CSc1ccc(NC(=O)/C=C/C(=O)O)cc1. The number of thioether (sulfide) groups is 1. The predicted octanol–water partition coefficient (Wildman–Crippen LogP) is 1.99. The lowest BCUT2D eigenvalue weighted by Gasteiger charge is -2.02. The van der Waals surface area contributed by atoms with Crippen LogP contribution in [0.3, 0.4) is 0 Å². The van der Waals surface area contributed by atoms with Crippen molar-refractivity contribution in [3.8, 4) is 0 Å². The molecule has 0 aliphatic heterocycles. The van der Waals surface area contributed by atoms with E-state index in [-0.39, 0.29) is 0 Å². The molecule has 0 aliphatic rings. The Kier molecular flexibility index (Phi) is 4.60. The lowest BCUT2D eigenvalue weighted by Crippen LogP contribution is -2.08. The number of hydrogen-bond acceptors (Lipinski definition) is 3. The van der Waals surface area contributed by atoms with E-state index >= 15 is 0 Å². The highest BCUT2D eigenvalue weighted by molar-refractivity contribution is 7.98. The van der Waals surface area contributed by atoms with Crippen molar-refractivity contribution in [3.05, 3.63) is 36.4 Å². The lowest BCUT2D eigenvalue weighted by molar-refractivity contribution is -0.131. The number of hydrogen-bond donors (Lipinski definition) is 2. The molecular formula is C11H11NO3S. The van der Waals surface area contributed by atoms with Gasteiger partial charge in [-0.15, -0.1) is 11.8 Å². The Hall–Kier alpha value is -1.75. The average molecular weight is 237 g/mol. The molecule has 16 heavy (non-hydrogen) atoms. The fraction of sp³-hybridized carbons (Fsp3) is 0.0909. The van der Waals surface area contributed by atoms with Gasteiger partial charge >= 0.3 is 5.97 Å². The molecule has 4 nitrogen and oxygen atoms in total. The molecule has 1 amide bonds. The zero-order chi connectivity index (χ0) is 12.0. The van der Waals surface area contributed by atoms with Crippen molar-refractivity contribution in [2.45, 2.75) is 4.90 Å². The minimum atomic E-state index is -1.15. The number of rotatable bonds is 4. The van der Waals surface area contributed by atoms with Gasteiger partial charge in [0.1, 0.15) is 0 Å². The number of carboxylic acids is 1. The molecule has 0 fully saturated rings. The number of aliphatic carboxylic acids is 1. The minimum absolute atomic E-state index is 0.459. The first-order valence-electron chi connectivity index (χ1n) is 4.48. The fourth-order valence-electron chi connectivity index (χ4n) is 1.01. The van der Waals surface area contributed by atoms with E-state index in [0.29, 0.717) is 5.69 Å². The third-order valence-corrected chi connectivity index (χ3v) is 2.48. The van der Waals surface area contributed by atoms with Gasteiger partial charge in [-0.05, 0) is 30.5 Å². The van der Waals surface area contributed by atoms with Gasteiger partial charge in [-0.25, -0.2) is 4.79 Å². The first-order chi connectivity index (χ1) is 7.61. The monoisotopic (exact) mass is 237 g/mol. The van der Waals surface area contributed by atoms with Gasteiger partial charge < -0.3 is 10.4 Å². The molecule has 0 saturated heterocycles. The number of carboxylic acid groups (broad SMARTS) is 1. The molecule has 0 aliphatic carbocycles. The Morgan fingerprint density at radius 1 is 1.25 bits per heavy atom. The zero-order valence-corrected chi connectivity index (χ0v) is 9.45. The van der Waals surface area contributed by atoms with Gasteiger partial charge in [-0.1, -0.05) is 0 Å². The van der Waals surface area contributed by atoms with Crippen LogP contribution in [0.15, 0.2) is 41.3 Å². The van der Waals surface area contributed by atoms with Crippen molar-refractivity contribution in [1.29, 1.82) is 0 Å². The van der Waals surface area contributed by atoms with E-state index in [0.717, 1.165) is 17.0 Å². The van der Waals surface area contributed by atoms with Gasteiger partial charge in [0.2, 0.25) is 5.91 Å². The minimum Gasteiger partial charge on any atom is -0.478 e. The van der Waals surface area contributed by atoms with Gasteiger partial charge in [0, 0.05) is 22.7 Å². The highest BCUT2D eigenvalue weighted by Gasteiger charge is 1.98. The summed E-state index contributed by atoms with van der Waals surface area (Å²) in [7, 11) is 0. The van der Waals surface area contributed by atoms with Gasteiger partial charge in [0.25, 0.3) is 0 Å². The summed E-state index contributed by atoms with van der Waals surface area (Å²) in [5.74, 6) is -1.60. The second-order valence-corrected chi connectivity index (χ2v) is 3.77.